The Balaban J connectivity index is 2.08. The van der Waals surface area contributed by atoms with E-state index in [0.29, 0.717) is 21.9 Å². The maximum Gasteiger partial charge on any atom is 0.258 e. The second-order valence-corrected chi connectivity index (χ2v) is 6.27. The third-order valence-electron chi connectivity index (χ3n) is 3.94. The van der Waals surface area contributed by atoms with E-state index in [4.69, 9.17) is 4.74 Å². The highest BCUT2D eigenvalue weighted by Gasteiger charge is 2.25. The van der Waals surface area contributed by atoms with Crippen LogP contribution < -0.4 is 10.1 Å². The second-order valence-electron chi connectivity index (χ2n) is 5.11. The van der Waals surface area contributed by atoms with Gasteiger partial charge in [0, 0.05) is 12.6 Å². The van der Waals surface area contributed by atoms with Crippen molar-refractivity contribution in [2.45, 2.75) is 25.8 Å². The summed E-state index contributed by atoms with van der Waals surface area (Å²) < 4.78 is 5.82. The predicted molar refractivity (Wildman–Crippen MR) is 90.0 cm³/mol. The first-order chi connectivity index (χ1) is 10.1. The van der Waals surface area contributed by atoms with Gasteiger partial charge in [-0.05, 0) is 60.7 Å². The number of likely N-dealkylation sites (N-methyl/N-ethyl adjacent to an activating group) is 1. The normalized spacial score (nSPS) is 18.7. The minimum atomic E-state index is -0.286. The summed E-state index contributed by atoms with van der Waals surface area (Å²) in [5.74, 6) is 0.0845. The van der Waals surface area contributed by atoms with Crippen LogP contribution in [0.25, 0.3) is 0 Å². The molecular formula is C15H21IN2O3. The van der Waals surface area contributed by atoms with Crippen molar-refractivity contribution in [3.8, 4) is 11.5 Å². The Morgan fingerprint density at radius 2 is 2.33 bits per heavy atom. The summed E-state index contributed by atoms with van der Waals surface area (Å²) >= 11 is 2.00. The fourth-order valence-corrected chi connectivity index (χ4v) is 3.23. The second kappa shape index (κ2) is 7.31. The van der Waals surface area contributed by atoms with E-state index in [1.54, 1.807) is 12.1 Å². The first kappa shape index (κ1) is 16.4. The first-order valence-electron chi connectivity index (χ1n) is 7.16. The van der Waals surface area contributed by atoms with Crippen molar-refractivity contribution >= 4 is 28.5 Å². The van der Waals surface area contributed by atoms with Crippen molar-refractivity contribution in [2.24, 2.45) is 0 Å². The number of aromatic hydroxyl groups is 1. The Bertz CT molecular complexity index is 522. The summed E-state index contributed by atoms with van der Waals surface area (Å²) in [5, 5.41) is 13.0. The number of nitrogens with zero attached hydrogens (tertiary/aromatic N) is 1. The molecule has 1 aromatic carbocycles. The molecule has 1 amide bonds. The number of carbonyl (C=O) groups excluding carboxylic acids is 1. The number of methoxy groups -OCH3 is 1. The molecule has 0 aromatic heterocycles. The molecule has 1 fully saturated rings. The molecule has 1 heterocycles. The van der Waals surface area contributed by atoms with Gasteiger partial charge in [0.1, 0.15) is 17.1 Å². The van der Waals surface area contributed by atoms with Crippen molar-refractivity contribution in [2.75, 3.05) is 26.7 Å². The quantitative estimate of drug-likeness (QED) is 0.745. The van der Waals surface area contributed by atoms with Crippen LogP contribution in [0.3, 0.4) is 0 Å². The van der Waals surface area contributed by atoms with Crippen LogP contribution in [0.15, 0.2) is 12.1 Å². The van der Waals surface area contributed by atoms with Gasteiger partial charge in [-0.25, -0.2) is 0 Å². The van der Waals surface area contributed by atoms with E-state index in [1.807, 2.05) is 22.6 Å². The van der Waals surface area contributed by atoms with Gasteiger partial charge >= 0.3 is 0 Å². The Morgan fingerprint density at radius 3 is 3.00 bits per heavy atom. The van der Waals surface area contributed by atoms with Crippen LogP contribution in [0.4, 0.5) is 0 Å². The van der Waals surface area contributed by atoms with Crippen molar-refractivity contribution in [3.05, 3.63) is 21.3 Å². The molecule has 1 aromatic rings. The van der Waals surface area contributed by atoms with Gasteiger partial charge in [0.05, 0.1) is 10.7 Å². The molecule has 6 heteroatoms. The van der Waals surface area contributed by atoms with E-state index in [2.05, 4.69) is 17.1 Å². The summed E-state index contributed by atoms with van der Waals surface area (Å²) in [5.41, 5.74) is 0.213. The number of halogens is 1. The topological polar surface area (TPSA) is 61.8 Å². The van der Waals surface area contributed by atoms with Gasteiger partial charge < -0.3 is 15.2 Å². The van der Waals surface area contributed by atoms with E-state index in [9.17, 15) is 9.90 Å². The minimum Gasteiger partial charge on any atom is -0.506 e. The Morgan fingerprint density at radius 1 is 1.57 bits per heavy atom. The van der Waals surface area contributed by atoms with Crippen molar-refractivity contribution in [1.29, 1.82) is 0 Å². The summed E-state index contributed by atoms with van der Waals surface area (Å²) in [4.78, 5) is 14.7. The van der Waals surface area contributed by atoms with Crippen LogP contribution >= 0.6 is 22.6 Å². The molecule has 0 radical (unpaired) electrons. The molecule has 1 saturated heterocycles. The van der Waals surface area contributed by atoms with E-state index in [1.165, 1.54) is 13.5 Å². The van der Waals surface area contributed by atoms with Crippen molar-refractivity contribution in [1.82, 2.24) is 10.2 Å². The fraction of sp³-hybridized carbons (Fsp3) is 0.533. The van der Waals surface area contributed by atoms with E-state index in [0.717, 1.165) is 19.5 Å². The van der Waals surface area contributed by atoms with Gasteiger partial charge in [-0.1, -0.05) is 6.92 Å². The Hall–Kier alpha value is -1.02. The lowest BCUT2D eigenvalue weighted by atomic mass is 10.1. The molecule has 0 spiro atoms. The lowest BCUT2D eigenvalue weighted by Gasteiger charge is -2.23. The van der Waals surface area contributed by atoms with Gasteiger partial charge in [-0.15, -0.1) is 0 Å². The number of nitrogens with one attached hydrogen (secondary N) is 1. The minimum absolute atomic E-state index is 0.0220. The van der Waals surface area contributed by atoms with Crippen LogP contribution in [-0.2, 0) is 0 Å². The molecular weight excluding hydrogens is 379 g/mol. The zero-order valence-electron chi connectivity index (χ0n) is 12.4. The molecule has 116 valence electrons. The number of hydrogen-bond acceptors (Lipinski definition) is 4. The molecule has 1 aliphatic heterocycles. The number of phenolic OH excluding ortho intramolecular Hbond substituents is 1. The van der Waals surface area contributed by atoms with Crippen LogP contribution in [0.1, 0.15) is 30.1 Å². The maximum atomic E-state index is 12.4. The van der Waals surface area contributed by atoms with E-state index in [-0.39, 0.29) is 17.2 Å². The SMILES string of the molecule is CCN1CCCC1CNC(=O)c1c(OC)ccc([123I])c1O. The van der Waals surface area contributed by atoms with Crippen LogP contribution in [0, 0.1) is 3.57 Å². The first-order valence-corrected chi connectivity index (χ1v) is 8.24. The maximum absolute atomic E-state index is 12.4. The van der Waals surface area contributed by atoms with Crippen LogP contribution in [0.2, 0.25) is 0 Å². The summed E-state index contributed by atoms with van der Waals surface area (Å²) in [6, 6.07) is 3.81. The van der Waals surface area contributed by atoms with Crippen molar-refractivity contribution < 1.29 is 14.6 Å². The number of phenols is 1. The van der Waals surface area contributed by atoms with E-state index >= 15 is 0 Å². The smallest absolute Gasteiger partial charge is 0.258 e. The summed E-state index contributed by atoms with van der Waals surface area (Å²) in [6.45, 7) is 4.82. The predicted octanol–water partition coefficient (Wildman–Crippen LogP) is 2.22. The van der Waals surface area contributed by atoms with Crippen LogP contribution in [-0.4, -0.2) is 48.7 Å². The monoisotopic (exact) mass is 400 g/mol. The van der Waals surface area contributed by atoms with Crippen LogP contribution in [0.5, 0.6) is 11.5 Å². The summed E-state index contributed by atoms with van der Waals surface area (Å²) in [6.07, 6.45) is 2.27. The molecule has 1 unspecified atom stereocenters. The standard InChI is InChI=1S/C15H21IN2O3/c1-3-18-8-4-5-10(18)9-17-15(20)13-12(21-2)7-6-11(16)14(13)19/h6-7,10,19H,3-5,8-9H2,1-2H3,(H,17,20)/i16-4. The number of likely N-dealkylation sites (tertiary alicyclic amines) is 1. The van der Waals surface area contributed by atoms with Gasteiger partial charge in [-0.3, -0.25) is 9.69 Å². The molecule has 0 aliphatic carbocycles. The lowest BCUT2D eigenvalue weighted by molar-refractivity contribution is 0.0935. The molecule has 1 atom stereocenters. The largest absolute Gasteiger partial charge is 0.506 e. The highest BCUT2D eigenvalue weighted by atomic mass is 123. The zero-order chi connectivity index (χ0) is 15.4. The molecule has 0 saturated carbocycles. The molecule has 5 nitrogen and oxygen atoms in total. The van der Waals surface area contributed by atoms with Gasteiger partial charge in [0.25, 0.3) is 5.91 Å². The summed E-state index contributed by atoms with van der Waals surface area (Å²) in [7, 11) is 1.49. The number of amides is 1. The molecule has 1 aliphatic rings. The fourth-order valence-electron chi connectivity index (χ4n) is 2.78. The molecule has 21 heavy (non-hydrogen) atoms. The highest BCUT2D eigenvalue weighted by Crippen LogP contribution is 2.32. The number of rotatable bonds is 5. The Kier molecular flexibility index (Phi) is 5.69. The lowest BCUT2D eigenvalue weighted by Crippen LogP contribution is -2.40. The molecule has 2 N–H and O–H groups in total. The highest BCUT2D eigenvalue weighted by molar-refractivity contribution is 14.1. The number of carbonyl (C=O) groups is 1. The third-order valence-corrected chi connectivity index (χ3v) is 4.81. The van der Waals surface area contributed by atoms with Gasteiger partial charge in [0.15, 0.2) is 0 Å². The average molecular weight is 400 g/mol. The number of ether oxygens (including phenoxy) is 1. The van der Waals surface area contributed by atoms with Crippen molar-refractivity contribution in [3.63, 3.8) is 0 Å². The van der Waals surface area contributed by atoms with Gasteiger partial charge in [0.2, 0.25) is 0 Å². The molecule has 0 bridgehead atoms. The Labute approximate surface area is 138 Å². The molecule has 2 rings (SSSR count). The van der Waals surface area contributed by atoms with E-state index < -0.39 is 0 Å². The van der Waals surface area contributed by atoms with Gasteiger partial charge in [-0.2, -0.15) is 0 Å². The zero-order valence-corrected chi connectivity index (χ0v) is 14.5. The number of hydrogen-bond donors (Lipinski definition) is 2. The average Bonchev–Trinajstić information content (AvgIpc) is 2.94. The third kappa shape index (κ3) is 3.60. The number of benzene rings is 1.